The Morgan fingerprint density at radius 3 is 2.71 bits per heavy atom. The van der Waals surface area contributed by atoms with Gasteiger partial charge in [-0.1, -0.05) is 13.8 Å². The van der Waals surface area contributed by atoms with Crippen LogP contribution in [0.4, 0.5) is 5.82 Å². The van der Waals surface area contributed by atoms with Crippen LogP contribution in [0.25, 0.3) is 0 Å². The van der Waals surface area contributed by atoms with E-state index in [4.69, 9.17) is 5.73 Å². The number of hydrogen-bond acceptors (Lipinski definition) is 3. The number of nitrogens with two attached hydrogens (primary N) is 1. The van der Waals surface area contributed by atoms with E-state index in [1.807, 2.05) is 6.92 Å². The highest BCUT2D eigenvalue weighted by Gasteiger charge is 2.12. The number of aromatic nitrogens is 1. The first-order valence-electron chi connectivity index (χ1n) is 6.02. The van der Waals surface area contributed by atoms with Crippen molar-refractivity contribution in [2.24, 2.45) is 5.92 Å². The Kier molecular flexibility index (Phi) is 4.94. The topological polar surface area (TPSA) is 68.0 Å². The highest BCUT2D eigenvalue weighted by Crippen LogP contribution is 2.09. The third-order valence-electron chi connectivity index (χ3n) is 2.64. The average molecular weight is 235 g/mol. The van der Waals surface area contributed by atoms with E-state index in [9.17, 15) is 4.79 Å². The van der Waals surface area contributed by atoms with Crippen molar-refractivity contribution in [3.8, 4) is 0 Å². The Hall–Kier alpha value is -1.58. The van der Waals surface area contributed by atoms with Gasteiger partial charge >= 0.3 is 0 Å². The van der Waals surface area contributed by atoms with Crippen molar-refractivity contribution in [2.45, 2.75) is 39.7 Å². The van der Waals surface area contributed by atoms with Crippen LogP contribution in [0, 0.1) is 5.92 Å². The Balaban J connectivity index is 2.52. The number of anilines is 1. The summed E-state index contributed by atoms with van der Waals surface area (Å²) in [6.07, 6.45) is 3.65. The highest BCUT2D eigenvalue weighted by atomic mass is 16.1. The summed E-state index contributed by atoms with van der Waals surface area (Å²) in [5.74, 6) is 0.783. The molecule has 0 bridgehead atoms. The zero-order valence-electron chi connectivity index (χ0n) is 10.7. The highest BCUT2D eigenvalue weighted by molar-refractivity contribution is 5.98. The second kappa shape index (κ2) is 6.23. The number of pyridine rings is 1. The van der Waals surface area contributed by atoms with Gasteiger partial charge in [-0.2, -0.15) is 0 Å². The number of nitrogens with one attached hydrogen (secondary N) is 1. The predicted molar refractivity (Wildman–Crippen MR) is 69.6 cm³/mol. The molecule has 0 saturated heterocycles. The van der Waals surface area contributed by atoms with Crippen molar-refractivity contribution in [1.82, 2.24) is 10.3 Å². The van der Waals surface area contributed by atoms with Crippen LogP contribution in [0.15, 0.2) is 18.3 Å². The van der Waals surface area contributed by atoms with E-state index in [1.165, 1.54) is 0 Å². The number of carbonyl (C=O) groups excluding carboxylic acids is 1. The molecule has 4 nitrogen and oxygen atoms in total. The summed E-state index contributed by atoms with van der Waals surface area (Å²) < 4.78 is 0. The van der Waals surface area contributed by atoms with Gasteiger partial charge in [0.2, 0.25) is 0 Å². The lowest BCUT2D eigenvalue weighted by Gasteiger charge is -2.15. The van der Waals surface area contributed by atoms with Crippen molar-refractivity contribution in [2.75, 3.05) is 5.73 Å². The van der Waals surface area contributed by atoms with Crippen LogP contribution in [-0.2, 0) is 0 Å². The summed E-state index contributed by atoms with van der Waals surface area (Å²) in [4.78, 5) is 15.8. The van der Waals surface area contributed by atoms with Crippen molar-refractivity contribution in [3.63, 3.8) is 0 Å². The molecule has 0 radical (unpaired) electrons. The monoisotopic (exact) mass is 235 g/mol. The minimum absolute atomic E-state index is 0.146. The third kappa shape index (κ3) is 4.43. The van der Waals surface area contributed by atoms with E-state index in [2.05, 4.69) is 24.1 Å². The van der Waals surface area contributed by atoms with Crippen molar-refractivity contribution in [1.29, 1.82) is 0 Å². The molecule has 4 heteroatoms. The summed E-state index contributed by atoms with van der Waals surface area (Å²) in [6.45, 7) is 6.36. The molecule has 17 heavy (non-hydrogen) atoms. The normalized spacial score (nSPS) is 12.5. The molecule has 3 N–H and O–H groups in total. The van der Waals surface area contributed by atoms with Crippen LogP contribution < -0.4 is 11.1 Å². The van der Waals surface area contributed by atoms with Crippen molar-refractivity contribution >= 4 is 11.7 Å². The van der Waals surface area contributed by atoms with Gasteiger partial charge in [-0.25, -0.2) is 4.98 Å². The van der Waals surface area contributed by atoms with Gasteiger partial charge in [0.25, 0.3) is 5.91 Å². The van der Waals surface area contributed by atoms with Gasteiger partial charge in [0, 0.05) is 12.2 Å². The number of rotatable bonds is 5. The molecule has 0 aliphatic rings. The molecule has 94 valence electrons. The number of carbonyl (C=O) groups is 1. The van der Waals surface area contributed by atoms with Gasteiger partial charge in [-0.15, -0.1) is 0 Å². The van der Waals surface area contributed by atoms with Gasteiger partial charge < -0.3 is 11.1 Å². The van der Waals surface area contributed by atoms with Crippen LogP contribution in [-0.4, -0.2) is 16.9 Å². The lowest BCUT2D eigenvalue weighted by atomic mass is 10.0. The quantitative estimate of drug-likeness (QED) is 0.822. The van der Waals surface area contributed by atoms with E-state index < -0.39 is 0 Å². The lowest BCUT2D eigenvalue weighted by Crippen LogP contribution is -2.33. The van der Waals surface area contributed by atoms with E-state index in [0.29, 0.717) is 11.5 Å². The Bertz CT molecular complexity index is 377. The first-order chi connectivity index (χ1) is 8.00. The lowest BCUT2D eigenvalue weighted by molar-refractivity contribution is 0.0938. The molecule has 0 saturated carbocycles. The molecule has 1 rings (SSSR count). The number of nitrogens with zero attached hydrogens (tertiary/aromatic N) is 1. The first kappa shape index (κ1) is 13.5. The Labute approximate surface area is 103 Å². The molecule has 0 spiro atoms. The van der Waals surface area contributed by atoms with Crippen LogP contribution in [0.2, 0.25) is 0 Å². The molecule has 1 amide bonds. The molecule has 0 aromatic carbocycles. The van der Waals surface area contributed by atoms with E-state index >= 15 is 0 Å². The molecular formula is C13H21N3O. The fourth-order valence-electron chi connectivity index (χ4n) is 1.57. The predicted octanol–water partition coefficient (Wildman–Crippen LogP) is 2.22. The van der Waals surface area contributed by atoms with Gasteiger partial charge in [0.1, 0.15) is 5.82 Å². The van der Waals surface area contributed by atoms with Gasteiger partial charge in [-0.3, -0.25) is 4.79 Å². The average Bonchev–Trinajstić information content (AvgIpc) is 2.26. The first-order valence-corrected chi connectivity index (χ1v) is 6.02. The maximum absolute atomic E-state index is 11.9. The van der Waals surface area contributed by atoms with E-state index in [1.54, 1.807) is 18.3 Å². The molecule has 0 aliphatic heterocycles. The second-order valence-electron chi connectivity index (χ2n) is 4.78. The fourth-order valence-corrected chi connectivity index (χ4v) is 1.57. The standard InChI is InChI=1S/C13H21N3O/c1-9(2)6-7-10(3)16-13(17)11-5-4-8-15-12(11)14/h4-5,8-10H,6-7H2,1-3H3,(H2,14,15)(H,16,17). The van der Waals surface area contributed by atoms with Crippen LogP contribution in [0.5, 0.6) is 0 Å². The minimum atomic E-state index is -0.146. The zero-order valence-corrected chi connectivity index (χ0v) is 10.7. The summed E-state index contributed by atoms with van der Waals surface area (Å²) in [5.41, 5.74) is 6.10. The molecule has 1 aromatic heterocycles. The van der Waals surface area contributed by atoms with Crippen molar-refractivity contribution in [3.05, 3.63) is 23.9 Å². The van der Waals surface area contributed by atoms with Crippen LogP contribution in [0.1, 0.15) is 44.0 Å². The smallest absolute Gasteiger partial charge is 0.255 e. The molecule has 0 fully saturated rings. The molecule has 1 unspecified atom stereocenters. The number of hydrogen-bond donors (Lipinski definition) is 2. The zero-order chi connectivity index (χ0) is 12.8. The number of amides is 1. The van der Waals surface area contributed by atoms with Crippen molar-refractivity contribution < 1.29 is 4.79 Å². The molecular weight excluding hydrogens is 214 g/mol. The summed E-state index contributed by atoms with van der Waals surface area (Å²) in [7, 11) is 0. The fraction of sp³-hybridized carbons (Fsp3) is 0.538. The SMILES string of the molecule is CC(C)CCC(C)NC(=O)c1cccnc1N. The largest absolute Gasteiger partial charge is 0.383 e. The van der Waals surface area contributed by atoms with E-state index in [-0.39, 0.29) is 17.8 Å². The second-order valence-corrected chi connectivity index (χ2v) is 4.78. The third-order valence-corrected chi connectivity index (χ3v) is 2.64. The molecule has 1 atom stereocenters. The Morgan fingerprint density at radius 1 is 1.41 bits per heavy atom. The maximum Gasteiger partial charge on any atom is 0.255 e. The van der Waals surface area contributed by atoms with Crippen LogP contribution >= 0.6 is 0 Å². The summed E-state index contributed by atoms with van der Waals surface area (Å²) in [5, 5.41) is 2.93. The number of nitrogen functional groups attached to an aromatic ring is 1. The van der Waals surface area contributed by atoms with Gasteiger partial charge in [-0.05, 0) is 37.8 Å². The van der Waals surface area contributed by atoms with Crippen LogP contribution in [0.3, 0.4) is 0 Å². The van der Waals surface area contributed by atoms with Gasteiger partial charge in [0.05, 0.1) is 5.56 Å². The minimum Gasteiger partial charge on any atom is -0.383 e. The summed E-state index contributed by atoms with van der Waals surface area (Å²) in [6, 6.07) is 3.56. The van der Waals surface area contributed by atoms with E-state index in [0.717, 1.165) is 12.8 Å². The Morgan fingerprint density at radius 2 is 2.12 bits per heavy atom. The maximum atomic E-state index is 11.9. The molecule has 1 heterocycles. The molecule has 1 aromatic rings. The summed E-state index contributed by atoms with van der Waals surface area (Å²) >= 11 is 0. The van der Waals surface area contributed by atoms with Gasteiger partial charge in [0.15, 0.2) is 0 Å². The molecule has 0 aliphatic carbocycles.